The zero-order valence-electron chi connectivity index (χ0n) is 7.48. The van der Waals surface area contributed by atoms with Crippen molar-refractivity contribution in [3.63, 3.8) is 0 Å². The molecular weight excluding hydrogens is 184 g/mol. The molecule has 0 aliphatic rings. The van der Waals surface area contributed by atoms with Gasteiger partial charge in [-0.1, -0.05) is 12.1 Å². The summed E-state index contributed by atoms with van der Waals surface area (Å²) >= 11 is 0. The van der Waals surface area contributed by atoms with Crippen molar-refractivity contribution in [3.8, 4) is 0 Å². The molecule has 0 fully saturated rings. The summed E-state index contributed by atoms with van der Waals surface area (Å²) in [6.45, 7) is 0. The molecule has 72 valence electrons. The van der Waals surface area contributed by atoms with Crippen LogP contribution in [0, 0.1) is 4.91 Å². The van der Waals surface area contributed by atoms with Crippen molar-refractivity contribution < 1.29 is 9.25 Å². The second-order valence-electron chi connectivity index (χ2n) is 2.68. The molecule has 2 rings (SSSR count). The molecule has 0 aliphatic heterocycles. The first-order valence-electron chi connectivity index (χ1n) is 4.00. The number of benzene rings is 1. The molecule has 1 N–H and O–H groups in total. The van der Waals surface area contributed by atoms with Gasteiger partial charge in [0, 0.05) is 10.6 Å². The van der Waals surface area contributed by atoms with Gasteiger partial charge in [-0.25, -0.2) is 0 Å². The van der Waals surface area contributed by atoms with E-state index in [2.05, 4.69) is 10.7 Å². The van der Waals surface area contributed by atoms with Crippen molar-refractivity contribution in [3.05, 3.63) is 29.2 Å². The van der Waals surface area contributed by atoms with E-state index in [-0.39, 0.29) is 5.88 Å². The van der Waals surface area contributed by atoms with Gasteiger partial charge in [-0.05, 0) is 12.1 Å². The number of hydrogen-bond donors (Lipinski definition) is 1. The smallest absolute Gasteiger partial charge is 0.287 e. The summed E-state index contributed by atoms with van der Waals surface area (Å²) in [7, 11) is 1.45. The minimum atomic E-state index is -0.00644. The number of furan rings is 1. The van der Waals surface area contributed by atoms with Crippen LogP contribution >= 0.6 is 0 Å². The van der Waals surface area contributed by atoms with Crippen LogP contribution in [0.1, 0.15) is 0 Å². The SMILES string of the molecule is CONc1c(N=O)oc2ccccc12. The fraction of sp³-hybridized carbons (Fsp3) is 0.111. The lowest BCUT2D eigenvalue weighted by Gasteiger charge is -1.98. The van der Waals surface area contributed by atoms with Crippen molar-refractivity contribution in [2.75, 3.05) is 12.6 Å². The highest BCUT2D eigenvalue weighted by molar-refractivity contribution is 5.95. The van der Waals surface area contributed by atoms with Gasteiger partial charge in [0.05, 0.1) is 7.11 Å². The first-order valence-corrected chi connectivity index (χ1v) is 4.00. The van der Waals surface area contributed by atoms with Gasteiger partial charge in [-0.15, -0.1) is 4.91 Å². The Hall–Kier alpha value is -1.88. The third-order valence-corrected chi connectivity index (χ3v) is 1.86. The molecule has 1 aromatic heterocycles. The molecule has 0 bridgehead atoms. The van der Waals surface area contributed by atoms with E-state index in [4.69, 9.17) is 9.25 Å². The van der Waals surface area contributed by atoms with Crippen LogP contribution in [-0.2, 0) is 4.84 Å². The molecule has 0 aliphatic carbocycles. The Balaban J connectivity index is 2.67. The summed E-state index contributed by atoms with van der Waals surface area (Å²) in [5.74, 6) is -0.00644. The molecule has 1 aromatic carbocycles. The summed E-state index contributed by atoms with van der Waals surface area (Å²) in [6.07, 6.45) is 0. The van der Waals surface area contributed by atoms with Gasteiger partial charge in [0.25, 0.3) is 5.88 Å². The quantitative estimate of drug-likeness (QED) is 0.599. The first kappa shape index (κ1) is 8.71. The van der Waals surface area contributed by atoms with Crippen molar-refractivity contribution in [2.24, 2.45) is 5.18 Å². The largest absolute Gasteiger partial charge is 0.434 e. The molecule has 14 heavy (non-hydrogen) atoms. The summed E-state index contributed by atoms with van der Waals surface area (Å²) in [5, 5.41) is 3.53. The standard InChI is InChI=1S/C9H8N2O3/c1-13-11-8-6-4-2-3-5-7(6)14-9(8)10-12/h2-5,11H,1H3. The minimum absolute atomic E-state index is 0.00644. The molecular formula is C9H8N2O3. The second kappa shape index (κ2) is 3.47. The Morgan fingerprint density at radius 2 is 2.21 bits per heavy atom. The summed E-state index contributed by atoms with van der Waals surface area (Å²) in [5.41, 5.74) is 3.62. The first-order chi connectivity index (χ1) is 6.86. The van der Waals surface area contributed by atoms with Gasteiger partial charge >= 0.3 is 0 Å². The molecule has 5 heteroatoms. The normalized spacial score (nSPS) is 10.4. The van der Waals surface area contributed by atoms with Crippen LogP contribution in [0.4, 0.5) is 11.6 Å². The van der Waals surface area contributed by atoms with Gasteiger partial charge in [0.15, 0.2) is 0 Å². The molecule has 0 saturated carbocycles. The number of nitrogens with one attached hydrogen (secondary N) is 1. The second-order valence-corrected chi connectivity index (χ2v) is 2.68. The molecule has 0 atom stereocenters. The number of rotatable bonds is 3. The molecule has 0 unspecified atom stereocenters. The molecule has 0 spiro atoms. The highest BCUT2D eigenvalue weighted by Crippen LogP contribution is 2.36. The lowest BCUT2D eigenvalue weighted by Crippen LogP contribution is -1.93. The maximum absolute atomic E-state index is 10.4. The fourth-order valence-corrected chi connectivity index (χ4v) is 1.30. The van der Waals surface area contributed by atoms with E-state index >= 15 is 0 Å². The monoisotopic (exact) mass is 192 g/mol. The van der Waals surface area contributed by atoms with E-state index in [1.807, 2.05) is 18.2 Å². The average molecular weight is 192 g/mol. The molecule has 0 radical (unpaired) electrons. The molecule has 2 aromatic rings. The Morgan fingerprint density at radius 1 is 1.43 bits per heavy atom. The van der Waals surface area contributed by atoms with Gasteiger partial charge in [0.2, 0.25) is 0 Å². The highest BCUT2D eigenvalue weighted by atomic mass is 16.6. The lowest BCUT2D eigenvalue weighted by molar-refractivity contribution is 0.271. The van der Waals surface area contributed by atoms with E-state index in [1.165, 1.54) is 7.11 Å². The number of anilines is 1. The number of nitrogens with zero attached hydrogens (tertiary/aromatic N) is 1. The van der Waals surface area contributed by atoms with E-state index in [0.717, 1.165) is 5.39 Å². The van der Waals surface area contributed by atoms with Crippen LogP contribution in [0.5, 0.6) is 0 Å². The number of fused-ring (bicyclic) bond motifs is 1. The number of para-hydroxylation sites is 1. The minimum Gasteiger partial charge on any atom is -0.434 e. The number of hydrogen-bond acceptors (Lipinski definition) is 5. The van der Waals surface area contributed by atoms with Gasteiger partial charge in [0.1, 0.15) is 11.3 Å². The van der Waals surface area contributed by atoms with E-state index in [1.54, 1.807) is 6.07 Å². The Bertz CT molecular complexity index is 464. The van der Waals surface area contributed by atoms with Crippen molar-refractivity contribution >= 4 is 22.5 Å². The molecule has 0 saturated heterocycles. The summed E-state index contributed by atoms with van der Waals surface area (Å²) in [6, 6.07) is 7.23. The van der Waals surface area contributed by atoms with Gasteiger partial charge in [-0.3, -0.25) is 10.3 Å². The highest BCUT2D eigenvalue weighted by Gasteiger charge is 2.13. The Kier molecular flexibility index (Phi) is 2.16. The zero-order chi connectivity index (χ0) is 9.97. The Morgan fingerprint density at radius 3 is 2.93 bits per heavy atom. The topological polar surface area (TPSA) is 63.8 Å². The third-order valence-electron chi connectivity index (χ3n) is 1.86. The summed E-state index contributed by atoms with van der Waals surface area (Å²) in [4.78, 5) is 15.2. The average Bonchev–Trinajstić information content (AvgIpc) is 2.58. The third kappa shape index (κ3) is 1.23. The van der Waals surface area contributed by atoms with Crippen LogP contribution in [0.2, 0.25) is 0 Å². The van der Waals surface area contributed by atoms with E-state index in [0.29, 0.717) is 11.3 Å². The van der Waals surface area contributed by atoms with Crippen molar-refractivity contribution in [1.29, 1.82) is 0 Å². The van der Waals surface area contributed by atoms with E-state index < -0.39 is 0 Å². The fourth-order valence-electron chi connectivity index (χ4n) is 1.30. The van der Waals surface area contributed by atoms with Crippen LogP contribution in [-0.4, -0.2) is 7.11 Å². The van der Waals surface area contributed by atoms with Crippen LogP contribution in [0.25, 0.3) is 11.0 Å². The van der Waals surface area contributed by atoms with Gasteiger partial charge in [-0.2, -0.15) is 0 Å². The summed E-state index contributed by atoms with van der Waals surface area (Å²) < 4.78 is 5.18. The van der Waals surface area contributed by atoms with Crippen molar-refractivity contribution in [2.45, 2.75) is 0 Å². The van der Waals surface area contributed by atoms with Gasteiger partial charge < -0.3 is 4.42 Å². The van der Waals surface area contributed by atoms with Crippen LogP contribution in [0.3, 0.4) is 0 Å². The maximum atomic E-state index is 10.4. The van der Waals surface area contributed by atoms with Crippen LogP contribution < -0.4 is 5.48 Å². The molecule has 0 amide bonds. The molecule has 1 heterocycles. The lowest BCUT2D eigenvalue weighted by atomic mass is 10.2. The molecule has 5 nitrogen and oxygen atoms in total. The van der Waals surface area contributed by atoms with Crippen molar-refractivity contribution in [1.82, 2.24) is 0 Å². The maximum Gasteiger partial charge on any atom is 0.287 e. The van der Waals surface area contributed by atoms with E-state index in [9.17, 15) is 4.91 Å². The van der Waals surface area contributed by atoms with Crippen LogP contribution in [0.15, 0.2) is 33.9 Å². The predicted molar refractivity (Wildman–Crippen MR) is 52.3 cm³/mol. The Labute approximate surface area is 79.6 Å². The number of nitroso groups, excluding NO2 is 1. The zero-order valence-corrected chi connectivity index (χ0v) is 7.48. The predicted octanol–water partition coefficient (Wildman–Crippen LogP) is 2.80.